The molecule has 5 heteroatoms. The number of nitrogens with two attached hydrogens (primary N) is 1. The summed E-state index contributed by atoms with van der Waals surface area (Å²) in [6.45, 7) is 2.59. The Kier molecular flexibility index (Phi) is 4.64. The lowest BCUT2D eigenvalue weighted by Crippen LogP contribution is -2.01. The molecule has 0 saturated carbocycles. The first-order valence-corrected chi connectivity index (χ1v) is 6.59. The highest BCUT2D eigenvalue weighted by molar-refractivity contribution is 6.35. The van der Waals surface area contributed by atoms with E-state index in [2.05, 4.69) is 4.98 Å². The fraction of sp³-hybridized carbons (Fsp3) is 0.214. The van der Waals surface area contributed by atoms with Crippen LogP contribution in [0.25, 0.3) is 0 Å². The molecule has 0 aliphatic carbocycles. The fourth-order valence-corrected chi connectivity index (χ4v) is 2.31. The summed E-state index contributed by atoms with van der Waals surface area (Å²) in [5.74, 6) is 0.732. The molecular weight excluding hydrogens is 283 g/mol. The van der Waals surface area contributed by atoms with Crippen LogP contribution in [0.15, 0.2) is 30.3 Å². The average molecular weight is 297 g/mol. The number of aromatic nitrogens is 1. The zero-order chi connectivity index (χ0) is 13.8. The molecule has 19 heavy (non-hydrogen) atoms. The van der Waals surface area contributed by atoms with E-state index in [0.29, 0.717) is 22.3 Å². The first kappa shape index (κ1) is 14.1. The van der Waals surface area contributed by atoms with Crippen LogP contribution in [0, 0.1) is 6.92 Å². The summed E-state index contributed by atoms with van der Waals surface area (Å²) in [4.78, 5) is 4.16. The maximum absolute atomic E-state index is 6.14. The first-order valence-electron chi connectivity index (χ1n) is 5.83. The summed E-state index contributed by atoms with van der Waals surface area (Å²) in [6, 6.07) is 9.36. The Morgan fingerprint density at radius 1 is 1.26 bits per heavy atom. The molecule has 0 amide bonds. The van der Waals surface area contributed by atoms with Crippen molar-refractivity contribution >= 4 is 23.2 Å². The zero-order valence-electron chi connectivity index (χ0n) is 10.5. The van der Waals surface area contributed by atoms with E-state index >= 15 is 0 Å². The third kappa shape index (κ3) is 3.60. The summed E-state index contributed by atoms with van der Waals surface area (Å²) in [5.41, 5.74) is 8.06. The molecule has 3 nitrogen and oxygen atoms in total. The van der Waals surface area contributed by atoms with Crippen molar-refractivity contribution in [2.75, 3.05) is 0 Å². The molecule has 0 aliphatic rings. The van der Waals surface area contributed by atoms with Crippen LogP contribution >= 0.6 is 23.2 Å². The summed E-state index contributed by atoms with van der Waals surface area (Å²) in [6.07, 6.45) is 0. The second-order valence-electron chi connectivity index (χ2n) is 4.16. The molecule has 2 N–H and O–H groups in total. The van der Waals surface area contributed by atoms with Crippen molar-refractivity contribution in [3.63, 3.8) is 0 Å². The topological polar surface area (TPSA) is 48.1 Å². The van der Waals surface area contributed by atoms with Crippen LogP contribution in [0.1, 0.15) is 16.8 Å². The van der Waals surface area contributed by atoms with Crippen molar-refractivity contribution in [2.45, 2.75) is 20.1 Å². The van der Waals surface area contributed by atoms with E-state index in [1.165, 1.54) is 0 Å². The van der Waals surface area contributed by atoms with Gasteiger partial charge in [-0.15, -0.1) is 0 Å². The zero-order valence-corrected chi connectivity index (χ0v) is 12.0. The van der Waals surface area contributed by atoms with Crippen molar-refractivity contribution in [1.82, 2.24) is 4.98 Å². The van der Waals surface area contributed by atoms with Crippen LogP contribution in [-0.2, 0) is 13.2 Å². The third-order valence-electron chi connectivity index (χ3n) is 2.66. The lowest BCUT2D eigenvalue weighted by molar-refractivity contribution is 0.305. The average Bonchev–Trinajstić information content (AvgIpc) is 2.37. The lowest BCUT2D eigenvalue weighted by Gasteiger charge is -2.10. The van der Waals surface area contributed by atoms with Gasteiger partial charge in [0.2, 0.25) is 0 Å². The van der Waals surface area contributed by atoms with Gasteiger partial charge in [-0.25, -0.2) is 4.98 Å². The Morgan fingerprint density at radius 3 is 2.74 bits per heavy atom. The van der Waals surface area contributed by atoms with E-state index in [1.54, 1.807) is 6.07 Å². The minimum Gasteiger partial charge on any atom is -0.489 e. The molecule has 0 radical (unpaired) electrons. The number of pyridine rings is 1. The number of nitrogens with zero attached hydrogens (tertiary/aromatic N) is 1. The largest absolute Gasteiger partial charge is 0.489 e. The van der Waals surface area contributed by atoms with Gasteiger partial charge in [-0.1, -0.05) is 35.3 Å². The maximum Gasteiger partial charge on any atom is 0.137 e. The SMILES string of the molecule is Cc1cc(Cl)c(COc2cccc(CN)c2)c(Cl)n1. The molecule has 2 rings (SSSR count). The molecule has 1 heterocycles. The predicted molar refractivity (Wildman–Crippen MR) is 77.7 cm³/mol. The molecule has 0 unspecified atom stereocenters. The summed E-state index contributed by atoms with van der Waals surface area (Å²) in [5, 5.41) is 0.937. The van der Waals surface area contributed by atoms with Gasteiger partial charge in [0.15, 0.2) is 0 Å². The van der Waals surface area contributed by atoms with Crippen LogP contribution in [0.2, 0.25) is 10.2 Å². The maximum atomic E-state index is 6.14. The number of ether oxygens (including phenoxy) is 1. The summed E-state index contributed by atoms with van der Waals surface area (Å²) < 4.78 is 5.67. The smallest absolute Gasteiger partial charge is 0.137 e. The minimum atomic E-state index is 0.277. The molecule has 0 saturated heterocycles. The molecule has 0 aliphatic heterocycles. The molecule has 100 valence electrons. The number of hydrogen-bond donors (Lipinski definition) is 1. The summed E-state index contributed by atoms with van der Waals surface area (Å²) >= 11 is 12.2. The number of benzene rings is 1. The second-order valence-corrected chi connectivity index (χ2v) is 4.92. The van der Waals surface area contributed by atoms with Crippen molar-refractivity contribution in [3.05, 3.63) is 57.3 Å². The molecule has 1 aromatic carbocycles. The van der Waals surface area contributed by atoms with Crippen molar-refractivity contribution in [3.8, 4) is 5.75 Å². The van der Waals surface area contributed by atoms with Crippen LogP contribution < -0.4 is 10.5 Å². The Bertz CT molecular complexity index is 564. The number of rotatable bonds is 4. The number of hydrogen-bond acceptors (Lipinski definition) is 3. The Hall–Kier alpha value is -1.29. The molecule has 2 aromatic rings. The quantitative estimate of drug-likeness (QED) is 0.875. The predicted octanol–water partition coefficient (Wildman–Crippen LogP) is 3.73. The highest BCUT2D eigenvalue weighted by Gasteiger charge is 2.09. The van der Waals surface area contributed by atoms with Gasteiger partial charge in [-0.2, -0.15) is 0 Å². The van der Waals surface area contributed by atoms with Crippen molar-refractivity contribution in [2.24, 2.45) is 5.73 Å². The highest BCUT2D eigenvalue weighted by atomic mass is 35.5. The van der Waals surface area contributed by atoms with E-state index in [1.807, 2.05) is 31.2 Å². The third-order valence-corrected chi connectivity index (χ3v) is 3.31. The molecule has 0 atom stereocenters. The minimum absolute atomic E-state index is 0.277. The molecule has 0 bridgehead atoms. The van der Waals surface area contributed by atoms with E-state index in [9.17, 15) is 0 Å². The number of aryl methyl sites for hydroxylation is 1. The van der Waals surface area contributed by atoms with Crippen LogP contribution in [-0.4, -0.2) is 4.98 Å². The molecule has 0 fully saturated rings. The van der Waals surface area contributed by atoms with Gasteiger partial charge in [-0.3, -0.25) is 0 Å². The molecular formula is C14H14Cl2N2O. The molecule has 1 aromatic heterocycles. The normalized spacial score (nSPS) is 10.5. The lowest BCUT2D eigenvalue weighted by atomic mass is 10.2. The summed E-state index contributed by atoms with van der Waals surface area (Å²) in [7, 11) is 0. The van der Waals surface area contributed by atoms with Gasteiger partial charge in [0.1, 0.15) is 17.5 Å². The molecule has 0 spiro atoms. The van der Waals surface area contributed by atoms with Gasteiger partial charge in [0, 0.05) is 17.8 Å². The van der Waals surface area contributed by atoms with Gasteiger partial charge in [0.25, 0.3) is 0 Å². The van der Waals surface area contributed by atoms with Gasteiger partial charge >= 0.3 is 0 Å². The Labute approximate surface area is 122 Å². The van der Waals surface area contributed by atoms with Crippen molar-refractivity contribution < 1.29 is 4.74 Å². The Morgan fingerprint density at radius 2 is 2.05 bits per heavy atom. The van der Waals surface area contributed by atoms with E-state index in [4.69, 9.17) is 33.7 Å². The first-order chi connectivity index (χ1) is 9.10. The van der Waals surface area contributed by atoms with Gasteiger partial charge in [-0.05, 0) is 30.7 Å². The Balaban J connectivity index is 2.14. The second kappa shape index (κ2) is 6.24. The standard InChI is InChI=1S/C14H14Cl2N2O/c1-9-5-13(15)12(14(16)18-9)8-19-11-4-2-3-10(6-11)7-17/h2-6H,7-8,17H2,1H3. The fourth-order valence-electron chi connectivity index (χ4n) is 1.67. The van der Waals surface area contributed by atoms with Crippen LogP contribution in [0.5, 0.6) is 5.75 Å². The number of halogens is 2. The van der Waals surface area contributed by atoms with E-state index in [-0.39, 0.29) is 6.61 Å². The van der Waals surface area contributed by atoms with Crippen molar-refractivity contribution in [1.29, 1.82) is 0 Å². The monoisotopic (exact) mass is 296 g/mol. The van der Waals surface area contributed by atoms with E-state index in [0.717, 1.165) is 17.0 Å². The van der Waals surface area contributed by atoms with Crippen LogP contribution in [0.4, 0.5) is 0 Å². The highest BCUT2D eigenvalue weighted by Crippen LogP contribution is 2.25. The van der Waals surface area contributed by atoms with Gasteiger partial charge < -0.3 is 10.5 Å². The van der Waals surface area contributed by atoms with E-state index < -0.39 is 0 Å². The van der Waals surface area contributed by atoms with Crippen LogP contribution in [0.3, 0.4) is 0 Å². The van der Waals surface area contributed by atoms with Gasteiger partial charge in [0.05, 0.1) is 5.02 Å².